The molecule has 184 valence electrons. The molecule has 0 radical (unpaired) electrons. The van der Waals surface area contributed by atoms with Gasteiger partial charge in [0.25, 0.3) is 0 Å². The van der Waals surface area contributed by atoms with Gasteiger partial charge in [0.15, 0.2) is 5.78 Å². The molecule has 0 aromatic heterocycles. The Morgan fingerprint density at radius 3 is 2.20 bits per heavy atom. The van der Waals surface area contributed by atoms with Crippen LogP contribution in [-0.4, -0.2) is 29.7 Å². The van der Waals surface area contributed by atoms with Crippen molar-refractivity contribution >= 4 is 11.5 Å². The fourth-order valence-corrected chi connectivity index (χ4v) is 3.64. The van der Waals surface area contributed by atoms with Gasteiger partial charge in [0.05, 0.1) is 18.2 Å². The normalized spacial score (nSPS) is 11.3. The number of hydrogen-bond acceptors (Lipinski definition) is 6. The number of nitriles is 1. The summed E-state index contributed by atoms with van der Waals surface area (Å²) >= 11 is 0. The van der Waals surface area contributed by atoms with Crippen LogP contribution in [0.1, 0.15) is 57.1 Å². The highest BCUT2D eigenvalue weighted by Gasteiger charge is 2.13. The van der Waals surface area contributed by atoms with Crippen molar-refractivity contribution in [1.29, 1.82) is 5.26 Å². The van der Waals surface area contributed by atoms with E-state index >= 15 is 0 Å². The quantitative estimate of drug-likeness (QED) is 0.385. The molecule has 1 aliphatic heterocycles. The van der Waals surface area contributed by atoms with Crippen molar-refractivity contribution in [3.63, 3.8) is 0 Å². The molecule has 3 N–H and O–H groups in total. The zero-order chi connectivity index (χ0) is 26.1. The Balaban J connectivity index is 0.000000187. The second kappa shape index (κ2) is 12.5. The van der Waals surface area contributed by atoms with E-state index in [0.29, 0.717) is 16.7 Å². The van der Waals surface area contributed by atoms with E-state index in [2.05, 4.69) is 43.4 Å². The molecule has 0 aliphatic carbocycles. The smallest absolute Gasteiger partial charge is 0.160 e. The fourth-order valence-electron chi connectivity index (χ4n) is 3.64. The number of ether oxygens (including phenoxy) is 1. The summed E-state index contributed by atoms with van der Waals surface area (Å²) in [5.74, 6) is 0.615. The average molecular weight is 475 g/mol. The van der Waals surface area contributed by atoms with Crippen LogP contribution in [-0.2, 0) is 6.42 Å². The van der Waals surface area contributed by atoms with Gasteiger partial charge in [-0.25, -0.2) is 0 Å². The summed E-state index contributed by atoms with van der Waals surface area (Å²) in [6.45, 7) is 10.0. The monoisotopic (exact) mass is 474 g/mol. The number of ketones is 1. The summed E-state index contributed by atoms with van der Waals surface area (Å²) < 4.78 is 5.50. The number of anilines is 1. The Hall–Kier alpha value is -3.98. The number of rotatable bonds is 2. The van der Waals surface area contributed by atoms with Crippen LogP contribution in [0.4, 0.5) is 5.69 Å². The number of phenols is 2. The van der Waals surface area contributed by atoms with E-state index in [9.17, 15) is 15.0 Å². The van der Waals surface area contributed by atoms with Gasteiger partial charge in [0.1, 0.15) is 17.2 Å². The highest BCUT2D eigenvalue weighted by molar-refractivity contribution is 5.95. The fraction of sp³-hybridized carbons (Fsp3) is 0.310. The van der Waals surface area contributed by atoms with Gasteiger partial charge in [0, 0.05) is 23.9 Å². The van der Waals surface area contributed by atoms with Crippen LogP contribution in [0.15, 0.2) is 42.5 Å². The molecule has 0 unspecified atom stereocenters. The first-order chi connectivity index (χ1) is 16.6. The number of Topliss-reactive ketones (excluding diaryl/α,β-unsaturated/α-hetero) is 1. The lowest BCUT2D eigenvalue weighted by molar-refractivity contribution is 0.101. The molecular formula is C29H34N2O4. The van der Waals surface area contributed by atoms with Crippen molar-refractivity contribution in [2.24, 2.45) is 0 Å². The molecule has 3 aromatic rings. The summed E-state index contributed by atoms with van der Waals surface area (Å²) in [7, 11) is 1.95. The zero-order valence-electron chi connectivity index (χ0n) is 21.3. The van der Waals surface area contributed by atoms with Crippen molar-refractivity contribution < 1.29 is 19.7 Å². The predicted molar refractivity (Wildman–Crippen MR) is 140 cm³/mol. The molecule has 0 saturated carbocycles. The van der Waals surface area contributed by atoms with Crippen LogP contribution in [0.3, 0.4) is 0 Å². The van der Waals surface area contributed by atoms with Crippen LogP contribution in [0.5, 0.6) is 17.2 Å². The van der Waals surface area contributed by atoms with Crippen LogP contribution in [0, 0.1) is 39.0 Å². The second-order valence-electron chi connectivity index (χ2n) is 8.53. The Morgan fingerprint density at radius 1 is 1.00 bits per heavy atom. The van der Waals surface area contributed by atoms with Crippen molar-refractivity contribution in [1.82, 2.24) is 0 Å². The number of hydrogen-bond donors (Lipinski definition) is 3. The van der Waals surface area contributed by atoms with Crippen LogP contribution in [0.2, 0.25) is 0 Å². The second-order valence-corrected chi connectivity index (χ2v) is 8.53. The number of fused-ring (bicyclic) bond motifs is 1. The maximum atomic E-state index is 10.8. The molecule has 6 heteroatoms. The Kier molecular flexibility index (Phi) is 9.72. The average Bonchev–Trinajstić information content (AvgIpc) is 2.84. The van der Waals surface area contributed by atoms with Gasteiger partial charge in [0.2, 0.25) is 0 Å². The van der Waals surface area contributed by atoms with Crippen molar-refractivity contribution in [3.8, 4) is 23.3 Å². The Morgan fingerprint density at radius 2 is 1.66 bits per heavy atom. The van der Waals surface area contributed by atoms with Gasteiger partial charge in [-0.3, -0.25) is 4.79 Å². The molecule has 0 fully saturated rings. The maximum Gasteiger partial charge on any atom is 0.160 e. The summed E-state index contributed by atoms with van der Waals surface area (Å²) in [6.07, 6.45) is 2.16. The van der Waals surface area contributed by atoms with Crippen molar-refractivity contribution in [2.45, 2.75) is 47.5 Å². The van der Waals surface area contributed by atoms with Gasteiger partial charge in [-0.2, -0.15) is 5.26 Å². The molecule has 35 heavy (non-hydrogen) atoms. The van der Waals surface area contributed by atoms with Crippen LogP contribution >= 0.6 is 0 Å². The van der Waals surface area contributed by atoms with Gasteiger partial charge >= 0.3 is 0 Å². The molecule has 0 spiro atoms. The third kappa shape index (κ3) is 7.25. The lowest BCUT2D eigenvalue weighted by Crippen LogP contribution is -2.09. The first-order valence-electron chi connectivity index (χ1n) is 11.5. The third-order valence-corrected chi connectivity index (χ3v) is 6.02. The topological polar surface area (TPSA) is 103 Å². The molecule has 0 bridgehead atoms. The van der Waals surface area contributed by atoms with E-state index in [1.165, 1.54) is 47.0 Å². The summed E-state index contributed by atoms with van der Waals surface area (Å²) in [5.41, 5.74) is 7.74. The van der Waals surface area contributed by atoms with E-state index in [1.807, 2.05) is 26.1 Å². The van der Waals surface area contributed by atoms with Gasteiger partial charge in [-0.05, 0) is 100 Å². The maximum absolute atomic E-state index is 10.8. The minimum atomic E-state index is -0.180. The van der Waals surface area contributed by atoms with Crippen LogP contribution < -0.4 is 10.1 Å². The summed E-state index contributed by atoms with van der Waals surface area (Å²) in [5, 5.41) is 30.3. The number of carbonyl (C=O) groups is 1. The molecule has 4 rings (SSSR count). The van der Waals surface area contributed by atoms with Crippen molar-refractivity contribution in [3.05, 3.63) is 81.4 Å². The number of phenolic OH excluding ortho intramolecular Hbond substituents is 2. The summed E-state index contributed by atoms with van der Waals surface area (Å²) in [6, 6.07) is 14.9. The van der Waals surface area contributed by atoms with Gasteiger partial charge < -0.3 is 20.3 Å². The van der Waals surface area contributed by atoms with Gasteiger partial charge in [-0.15, -0.1) is 0 Å². The third-order valence-electron chi connectivity index (χ3n) is 6.02. The molecule has 0 atom stereocenters. The standard InChI is InChI=1S/C11H11NO.C9H13N.C9H10O3/c1-8-5-9(7-12)6-11-10(8)3-2-4-13-11;1-7-5-4-6-9(10-3)8(7)2;1-5-8(11)3-7(6(2)10)4-9(5)12/h5-6H,2-4H2,1H3;4-6,10H,1-3H3;3-4,11-12H,1-2H3. The molecule has 1 heterocycles. The SMILES string of the molecule is CC(=O)c1cc(O)c(C)c(O)c1.CNc1cccc(C)c1C.Cc1cc(C#N)cc2c1CCCO2. The van der Waals surface area contributed by atoms with E-state index in [1.54, 1.807) is 6.92 Å². The number of nitrogens with one attached hydrogen (secondary N) is 1. The first-order valence-corrected chi connectivity index (χ1v) is 11.5. The zero-order valence-corrected chi connectivity index (χ0v) is 21.3. The molecule has 3 aromatic carbocycles. The molecule has 0 saturated heterocycles. The first kappa shape index (κ1) is 27.3. The van der Waals surface area contributed by atoms with Gasteiger partial charge in [-0.1, -0.05) is 12.1 Å². The van der Waals surface area contributed by atoms with E-state index in [4.69, 9.17) is 10.00 Å². The highest BCUT2D eigenvalue weighted by Crippen LogP contribution is 2.29. The lowest BCUT2D eigenvalue weighted by atomic mass is 9.99. The number of nitrogens with zero attached hydrogens (tertiary/aromatic N) is 1. The Labute approximate surface area is 207 Å². The summed E-state index contributed by atoms with van der Waals surface area (Å²) in [4.78, 5) is 10.8. The molecule has 6 nitrogen and oxygen atoms in total. The number of aryl methyl sites for hydroxylation is 2. The van der Waals surface area contributed by atoms with E-state index in [0.717, 1.165) is 25.2 Å². The van der Waals surface area contributed by atoms with Crippen LogP contribution in [0.25, 0.3) is 0 Å². The predicted octanol–water partition coefficient (Wildman–Crippen LogP) is 6.15. The minimum absolute atomic E-state index is 0.0554. The van der Waals surface area contributed by atoms with E-state index < -0.39 is 0 Å². The Bertz CT molecular complexity index is 1220. The number of benzene rings is 3. The lowest BCUT2D eigenvalue weighted by Gasteiger charge is -2.19. The highest BCUT2D eigenvalue weighted by atomic mass is 16.5. The largest absolute Gasteiger partial charge is 0.508 e. The van der Waals surface area contributed by atoms with Crippen molar-refractivity contribution in [2.75, 3.05) is 19.0 Å². The minimum Gasteiger partial charge on any atom is -0.508 e. The number of carbonyl (C=O) groups excluding carboxylic acids is 1. The molecule has 1 aliphatic rings. The van der Waals surface area contributed by atoms with E-state index in [-0.39, 0.29) is 17.3 Å². The molecular weight excluding hydrogens is 440 g/mol. The molecule has 0 amide bonds. The number of aromatic hydroxyl groups is 2.